The predicted octanol–water partition coefficient (Wildman–Crippen LogP) is 4.21. The lowest BCUT2D eigenvalue weighted by molar-refractivity contribution is 0.354. The molecule has 1 unspecified atom stereocenters. The van der Waals surface area contributed by atoms with Gasteiger partial charge in [-0.1, -0.05) is 17.7 Å². The average molecular weight is 308 g/mol. The fourth-order valence-electron chi connectivity index (χ4n) is 2.67. The monoisotopic (exact) mass is 307 g/mol. The Balaban J connectivity index is 1.92. The standard InChI is InChI=1S/C16H15ClFNO2/c1-20-14-4-3-9(7-15(14)21-2)13-6-10-5-11(17)8-12(18)16(10)19-13/h3-5,7-8,13,19H,6H2,1-2H3. The highest BCUT2D eigenvalue weighted by atomic mass is 35.5. The van der Waals surface area contributed by atoms with Crippen molar-refractivity contribution in [2.24, 2.45) is 0 Å². The van der Waals surface area contributed by atoms with Gasteiger partial charge in [0, 0.05) is 5.02 Å². The number of nitrogens with one attached hydrogen (secondary N) is 1. The Morgan fingerprint density at radius 2 is 1.90 bits per heavy atom. The third-order valence-corrected chi connectivity index (χ3v) is 3.91. The van der Waals surface area contributed by atoms with Crippen LogP contribution in [0, 0.1) is 5.82 Å². The molecule has 21 heavy (non-hydrogen) atoms. The van der Waals surface area contributed by atoms with Gasteiger partial charge in [0.15, 0.2) is 11.5 Å². The Kier molecular flexibility index (Phi) is 3.64. The third-order valence-electron chi connectivity index (χ3n) is 3.69. The molecule has 1 N–H and O–H groups in total. The minimum Gasteiger partial charge on any atom is -0.493 e. The molecule has 0 bridgehead atoms. The second-order valence-electron chi connectivity index (χ2n) is 4.94. The van der Waals surface area contributed by atoms with Gasteiger partial charge in [-0.3, -0.25) is 0 Å². The van der Waals surface area contributed by atoms with Gasteiger partial charge in [0.05, 0.1) is 25.9 Å². The Labute approximate surface area is 127 Å². The van der Waals surface area contributed by atoms with E-state index in [1.807, 2.05) is 18.2 Å². The van der Waals surface area contributed by atoms with E-state index in [0.29, 0.717) is 28.6 Å². The number of benzene rings is 2. The van der Waals surface area contributed by atoms with Crippen LogP contribution in [0.5, 0.6) is 11.5 Å². The smallest absolute Gasteiger partial charge is 0.161 e. The Bertz CT molecular complexity index is 690. The molecule has 1 aliphatic heterocycles. The van der Waals surface area contributed by atoms with Crippen LogP contribution in [0.2, 0.25) is 5.02 Å². The fourth-order valence-corrected chi connectivity index (χ4v) is 2.89. The minimum absolute atomic E-state index is 0.00669. The van der Waals surface area contributed by atoms with Crippen LogP contribution in [0.4, 0.5) is 10.1 Å². The minimum atomic E-state index is -0.319. The summed E-state index contributed by atoms with van der Waals surface area (Å²) in [4.78, 5) is 0. The first-order valence-corrected chi connectivity index (χ1v) is 6.96. The molecule has 0 saturated heterocycles. The molecule has 0 amide bonds. The van der Waals surface area contributed by atoms with Crippen molar-refractivity contribution in [1.29, 1.82) is 0 Å². The lowest BCUT2D eigenvalue weighted by atomic mass is 10.0. The van der Waals surface area contributed by atoms with E-state index in [2.05, 4.69) is 5.32 Å². The predicted molar refractivity (Wildman–Crippen MR) is 81.0 cm³/mol. The van der Waals surface area contributed by atoms with Gasteiger partial charge in [-0.2, -0.15) is 0 Å². The zero-order valence-electron chi connectivity index (χ0n) is 11.7. The number of rotatable bonds is 3. The molecular weight excluding hydrogens is 293 g/mol. The number of ether oxygens (including phenoxy) is 2. The summed E-state index contributed by atoms with van der Waals surface area (Å²) < 4.78 is 24.4. The van der Waals surface area contributed by atoms with Crippen LogP contribution in [0.15, 0.2) is 30.3 Å². The first-order chi connectivity index (χ1) is 10.1. The maximum atomic E-state index is 13.9. The van der Waals surface area contributed by atoms with Crippen molar-refractivity contribution in [3.05, 3.63) is 52.3 Å². The number of halogens is 2. The van der Waals surface area contributed by atoms with E-state index in [-0.39, 0.29) is 11.9 Å². The lowest BCUT2D eigenvalue weighted by Crippen LogP contribution is -2.06. The van der Waals surface area contributed by atoms with Gasteiger partial charge in [0.1, 0.15) is 5.82 Å². The van der Waals surface area contributed by atoms with Gasteiger partial charge in [-0.15, -0.1) is 0 Å². The highest BCUT2D eigenvalue weighted by molar-refractivity contribution is 6.30. The second-order valence-corrected chi connectivity index (χ2v) is 5.37. The van der Waals surface area contributed by atoms with Crippen LogP contribution >= 0.6 is 11.6 Å². The van der Waals surface area contributed by atoms with Crippen molar-refractivity contribution in [2.75, 3.05) is 19.5 Å². The van der Waals surface area contributed by atoms with Crippen LogP contribution in [-0.2, 0) is 6.42 Å². The number of methoxy groups -OCH3 is 2. The van der Waals surface area contributed by atoms with E-state index in [1.54, 1.807) is 20.3 Å². The van der Waals surface area contributed by atoms with E-state index >= 15 is 0 Å². The molecule has 0 radical (unpaired) electrons. The van der Waals surface area contributed by atoms with E-state index in [4.69, 9.17) is 21.1 Å². The third kappa shape index (κ3) is 2.51. The van der Waals surface area contributed by atoms with Crippen LogP contribution in [0.3, 0.4) is 0 Å². The molecule has 5 heteroatoms. The van der Waals surface area contributed by atoms with Gasteiger partial charge in [-0.05, 0) is 41.8 Å². The largest absolute Gasteiger partial charge is 0.493 e. The molecule has 3 nitrogen and oxygen atoms in total. The van der Waals surface area contributed by atoms with E-state index in [1.165, 1.54) is 6.07 Å². The molecule has 1 heterocycles. The van der Waals surface area contributed by atoms with Crippen molar-refractivity contribution in [2.45, 2.75) is 12.5 Å². The first-order valence-electron chi connectivity index (χ1n) is 6.58. The maximum Gasteiger partial charge on any atom is 0.161 e. The van der Waals surface area contributed by atoms with Crippen molar-refractivity contribution in [1.82, 2.24) is 0 Å². The van der Waals surface area contributed by atoms with Crippen LogP contribution in [0.25, 0.3) is 0 Å². The topological polar surface area (TPSA) is 30.5 Å². The molecular formula is C16H15ClFNO2. The Morgan fingerprint density at radius 3 is 2.62 bits per heavy atom. The van der Waals surface area contributed by atoms with Gasteiger partial charge in [0.2, 0.25) is 0 Å². The summed E-state index contributed by atoms with van der Waals surface area (Å²) in [6, 6.07) is 8.82. The highest BCUT2D eigenvalue weighted by Crippen LogP contribution is 2.39. The van der Waals surface area contributed by atoms with Crippen molar-refractivity contribution in [3.8, 4) is 11.5 Å². The molecule has 1 atom stereocenters. The molecule has 2 aromatic rings. The van der Waals surface area contributed by atoms with Crippen LogP contribution in [-0.4, -0.2) is 14.2 Å². The summed E-state index contributed by atoms with van der Waals surface area (Å²) in [6.45, 7) is 0. The highest BCUT2D eigenvalue weighted by Gasteiger charge is 2.26. The Morgan fingerprint density at radius 1 is 1.14 bits per heavy atom. The number of hydrogen-bond acceptors (Lipinski definition) is 3. The van der Waals surface area contributed by atoms with Gasteiger partial charge in [0.25, 0.3) is 0 Å². The molecule has 2 aromatic carbocycles. The summed E-state index contributed by atoms with van der Waals surface area (Å²) in [5.74, 6) is 1.01. The lowest BCUT2D eigenvalue weighted by Gasteiger charge is -2.15. The maximum absolute atomic E-state index is 13.9. The van der Waals surface area contributed by atoms with Crippen molar-refractivity contribution < 1.29 is 13.9 Å². The average Bonchev–Trinajstić information content (AvgIpc) is 2.90. The van der Waals surface area contributed by atoms with Crippen molar-refractivity contribution >= 4 is 17.3 Å². The summed E-state index contributed by atoms with van der Waals surface area (Å²) >= 11 is 5.91. The number of anilines is 1. The summed E-state index contributed by atoms with van der Waals surface area (Å²) in [7, 11) is 3.19. The van der Waals surface area contributed by atoms with E-state index in [9.17, 15) is 4.39 Å². The summed E-state index contributed by atoms with van der Waals surface area (Å²) in [5.41, 5.74) is 2.43. The van der Waals surface area contributed by atoms with E-state index in [0.717, 1.165) is 11.1 Å². The zero-order valence-corrected chi connectivity index (χ0v) is 12.5. The second kappa shape index (κ2) is 5.45. The molecule has 0 fully saturated rings. The van der Waals surface area contributed by atoms with Crippen molar-refractivity contribution in [3.63, 3.8) is 0 Å². The zero-order chi connectivity index (χ0) is 15.0. The van der Waals surface area contributed by atoms with Crippen LogP contribution in [0.1, 0.15) is 17.2 Å². The summed E-state index contributed by atoms with van der Waals surface area (Å²) in [5, 5.41) is 3.62. The van der Waals surface area contributed by atoms with Gasteiger partial charge >= 0.3 is 0 Å². The molecule has 1 aliphatic rings. The molecule has 0 aliphatic carbocycles. The molecule has 110 valence electrons. The molecule has 0 aromatic heterocycles. The van der Waals surface area contributed by atoms with E-state index < -0.39 is 0 Å². The number of hydrogen-bond donors (Lipinski definition) is 1. The molecule has 0 saturated carbocycles. The SMILES string of the molecule is COc1ccc(C2Cc3cc(Cl)cc(F)c3N2)cc1OC. The normalized spacial score (nSPS) is 16.3. The van der Waals surface area contributed by atoms with Gasteiger partial charge in [-0.25, -0.2) is 4.39 Å². The molecule has 3 rings (SSSR count). The quantitative estimate of drug-likeness (QED) is 0.921. The first kappa shape index (κ1) is 14.0. The van der Waals surface area contributed by atoms with Crippen LogP contribution < -0.4 is 14.8 Å². The molecule has 0 spiro atoms. The Hall–Kier alpha value is -1.94. The number of fused-ring (bicyclic) bond motifs is 1. The fraction of sp³-hybridized carbons (Fsp3) is 0.250. The van der Waals surface area contributed by atoms with Gasteiger partial charge < -0.3 is 14.8 Å². The summed E-state index contributed by atoms with van der Waals surface area (Å²) in [6.07, 6.45) is 0.683.